The van der Waals surface area contributed by atoms with E-state index in [4.69, 9.17) is 11.6 Å². The van der Waals surface area contributed by atoms with Gasteiger partial charge in [0.25, 0.3) is 0 Å². The lowest BCUT2D eigenvalue weighted by Crippen LogP contribution is -2.60. The number of hydrogen-bond donors (Lipinski definition) is 2. The Bertz CT molecular complexity index is 604. The van der Waals surface area contributed by atoms with Gasteiger partial charge in [0.2, 0.25) is 0 Å². The number of halogens is 4. The van der Waals surface area contributed by atoms with E-state index in [-0.39, 0.29) is 22.7 Å². The number of benzene rings is 1. The van der Waals surface area contributed by atoms with Crippen LogP contribution < -0.4 is 10.6 Å². The van der Waals surface area contributed by atoms with Crippen LogP contribution in [0.5, 0.6) is 0 Å². The number of carbonyl (C=O) groups is 2. The van der Waals surface area contributed by atoms with Gasteiger partial charge in [0.15, 0.2) is 5.54 Å². The van der Waals surface area contributed by atoms with E-state index in [1.54, 1.807) is 0 Å². The van der Waals surface area contributed by atoms with Crippen molar-refractivity contribution in [2.24, 2.45) is 0 Å². The van der Waals surface area contributed by atoms with Crippen molar-refractivity contribution in [2.75, 3.05) is 5.32 Å². The van der Waals surface area contributed by atoms with Crippen LogP contribution in [0.1, 0.15) is 25.3 Å². The van der Waals surface area contributed by atoms with Crippen LogP contribution >= 0.6 is 11.6 Å². The number of rotatable bonds is 3. The summed E-state index contributed by atoms with van der Waals surface area (Å²) in [6.07, 6.45) is -5.76. The van der Waals surface area contributed by atoms with Crippen LogP contribution in [-0.2, 0) is 10.3 Å². The van der Waals surface area contributed by atoms with Gasteiger partial charge in [-0.3, -0.25) is 4.79 Å². The van der Waals surface area contributed by atoms with Crippen molar-refractivity contribution in [3.05, 3.63) is 28.8 Å². The molecule has 4 nitrogen and oxygen atoms in total. The number of fused-ring (bicyclic) bond motifs is 1. The van der Waals surface area contributed by atoms with Gasteiger partial charge in [0.1, 0.15) is 5.78 Å². The van der Waals surface area contributed by atoms with E-state index in [0.717, 1.165) is 6.07 Å². The van der Waals surface area contributed by atoms with E-state index >= 15 is 0 Å². The Morgan fingerprint density at radius 3 is 2.62 bits per heavy atom. The Labute approximate surface area is 123 Å². The third-order valence-electron chi connectivity index (χ3n) is 3.36. The van der Waals surface area contributed by atoms with E-state index in [9.17, 15) is 22.8 Å². The Morgan fingerprint density at radius 1 is 1.38 bits per heavy atom. The van der Waals surface area contributed by atoms with Crippen molar-refractivity contribution in [1.82, 2.24) is 5.32 Å². The molecule has 1 aromatic rings. The van der Waals surface area contributed by atoms with E-state index < -0.39 is 30.0 Å². The molecule has 0 radical (unpaired) electrons. The molecule has 0 aromatic heterocycles. The lowest BCUT2D eigenvalue weighted by molar-refractivity contribution is -0.200. The number of nitrogens with one attached hydrogen (secondary N) is 2. The molecule has 1 atom stereocenters. The lowest BCUT2D eigenvalue weighted by atomic mass is 9.81. The second-order valence-corrected chi connectivity index (χ2v) is 5.18. The summed E-state index contributed by atoms with van der Waals surface area (Å²) in [4.78, 5) is 23.2. The number of anilines is 1. The minimum absolute atomic E-state index is 0.00984. The Hall–Kier alpha value is -1.76. The summed E-state index contributed by atoms with van der Waals surface area (Å²) in [6.45, 7) is 1.47. The molecule has 2 rings (SSSR count). The molecule has 1 aliphatic heterocycles. The van der Waals surface area contributed by atoms with E-state index in [2.05, 4.69) is 5.32 Å². The zero-order valence-corrected chi connectivity index (χ0v) is 11.7. The van der Waals surface area contributed by atoms with Crippen LogP contribution in [0.3, 0.4) is 0 Å². The van der Waals surface area contributed by atoms with Crippen LogP contribution in [0.15, 0.2) is 18.2 Å². The average Bonchev–Trinajstić information content (AvgIpc) is 2.38. The molecular weight excluding hydrogens is 309 g/mol. The zero-order valence-electron chi connectivity index (χ0n) is 11.0. The van der Waals surface area contributed by atoms with Crippen molar-refractivity contribution in [3.8, 4) is 0 Å². The molecule has 0 aliphatic carbocycles. The Morgan fingerprint density at radius 2 is 2.05 bits per heavy atom. The summed E-state index contributed by atoms with van der Waals surface area (Å²) >= 11 is 5.77. The van der Waals surface area contributed by atoms with Crippen LogP contribution in [0.2, 0.25) is 5.02 Å². The van der Waals surface area contributed by atoms with E-state index in [0.29, 0.717) is 0 Å². The zero-order chi connectivity index (χ0) is 15.8. The van der Waals surface area contributed by atoms with Crippen LogP contribution in [0.4, 0.5) is 23.7 Å². The van der Waals surface area contributed by atoms with Crippen molar-refractivity contribution in [1.29, 1.82) is 0 Å². The predicted molar refractivity (Wildman–Crippen MR) is 71.3 cm³/mol. The van der Waals surface area contributed by atoms with E-state index in [1.165, 1.54) is 19.1 Å². The molecule has 114 valence electrons. The summed E-state index contributed by atoms with van der Waals surface area (Å²) in [6, 6.07) is 2.76. The first-order valence-corrected chi connectivity index (χ1v) is 6.55. The van der Waals surface area contributed by atoms with Crippen molar-refractivity contribution in [3.63, 3.8) is 0 Å². The minimum Gasteiger partial charge on any atom is -0.319 e. The topological polar surface area (TPSA) is 58.2 Å². The number of alkyl halides is 3. The monoisotopic (exact) mass is 320 g/mol. The highest BCUT2D eigenvalue weighted by molar-refractivity contribution is 6.30. The van der Waals surface area contributed by atoms with Gasteiger partial charge < -0.3 is 10.6 Å². The fraction of sp³-hybridized carbons (Fsp3) is 0.385. The van der Waals surface area contributed by atoms with Gasteiger partial charge in [-0.15, -0.1) is 0 Å². The first kappa shape index (κ1) is 15.6. The van der Waals surface area contributed by atoms with Gasteiger partial charge in [-0.2, -0.15) is 13.2 Å². The average molecular weight is 321 g/mol. The SMILES string of the molecule is CCC(=O)CC1(C(F)(F)F)NC(=O)Nc2ccc(Cl)cc21. The number of Topliss-reactive ketones (excluding diaryl/α,β-unsaturated/α-hetero) is 1. The third-order valence-corrected chi connectivity index (χ3v) is 3.59. The fourth-order valence-electron chi connectivity index (χ4n) is 2.28. The molecule has 0 bridgehead atoms. The maximum atomic E-state index is 13.6. The van der Waals surface area contributed by atoms with E-state index in [1.807, 2.05) is 5.32 Å². The first-order valence-electron chi connectivity index (χ1n) is 6.17. The third kappa shape index (κ3) is 2.70. The fourth-order valence-corrected chi connectivity index (χ4v) is 2.45. The number of hydrogen-bond acceptors (Lipinski definition) is 2. The van der Waals surface area contributed by atoms with Crippen molar-refractivity contribution in [2.45, 2.75) is 31.5 Å². The predicted octanol–water partition coefficient (Wildman–Crippen LogP) is 3.60. The molecule has 0 saturated heterocycles. The summed E-state index contributed by atoms with van der Waals surface area (Å²) in [5, 5.41) is 4.24. The normalized spacial score (nSPS) is 21.3. The summed E-state index contributed by atoms with van der Waals surface area (Å²) in [7, 11) is 0. The van der Waals surface area contributed by atoms with Gasteiger partial charge in [0, 0.05) is 29.1 Å². The van der Waals surface area contributed by atoms with Gasteiger partial charge in [-0.25, -0.2) is 4.79 Å². The number of carbonyl (C=O) groups excluding carboxylic acids is 2. The molecule has 2 N–H and O–H groups in total. The molecule has 0 spiro atoms. The lowest BCUT2D eigenvalue weighted by Gasteiger charge is -2.40. The number of urea groups is 1. The number of ketones is 1. The number of amides is 2. The molecule has 1 unspecified atom stereocenters. The summed E-state index contributed by atoms with van der Waals surface area (Å²) in [5.41, 5.74) is -3.03. The second kappa shape index (κ2) is 5.22. The molecule has 0 saturated carbocycles. The highest BCUT2D eigenvalue weighted by atomic mass is 35.5. The minimum atomic E-state index is -4.84. The summed E-state index contributed by atoms with van der Waals surface area (Å²) in [5.74, 6) is -0.611. The Balaban J connectivity index is 2.67. The van der Waals surface area contributed by atoms with Gasteiger partial charge in [-0.05, 0) is 18.2 Å². The van der Waals surface area contributed by atoms with Crippen molar-refractivity contribution < 1.29 is 22.8 Å². The maximum absolute atomic E-state index is 13.6. The van der Waals surface area contributed by atoms with Crippen molar-refractivity contribution >= 4 is 29.1 Å². The van der Waals surface area contributed by atoms with Crippen LogP contribution in [0, 0.1) is 0 Å². The Kier molecular flexibility index (Phi) is 3.88. The summed E-state index contributed by atoms with van der Waals surface area (Å²) < 4.78 is 40.9. The largest absolute Gasteiger partial charge is 0.416 e. The van der Waals surface area contributed by atoms with Crippen LogP contribution in [0.25, 0.3) is 0 Å². The van der Waals surface area contributed by atoms with Gasteiger partial charge >= 0.3 is 12.2 Å². The highest BCUT2D eigenvalue weighted by Crippen LogP contribution is 2.47. The molecule has 2 amide bonds. The molecule has 1 aliphatic rings. The first-order chi connectivity index (χ1) is 9.69. The van der Waals surface area contributed by atoms with Crippen LogP contribution in [-0.4, -0.2) is 18.0 Å². The maximum Gasteiger partial charge on any atom is 0.416 e. The second-order valence-electron chi connectivity index (χ2n) is 4.74. The molecular formula is C13H12ClF3N2O2. The molecule has 1 aromatic carbocycles. The molecule has 0 fully saturated rings. The quantitative estimate of drug-likeness (QED) is 0.894. The van der Waals surface area contributed by atoms with Gasteiger partial charge in [-0.1, -0.05) is 18.5 Å². The molecule has 21 heavy (non-hydrogen) atoms. The highest BCUT2D eigenvalue weighted by Gasteiger charge is 2.60. The standard InChI is InChI=1S/C13H12ClF3N2O2/c1-2-8(20)6-12(13(15,16)17)9-5-7(14)3-4-10(9)18-11(21)19-12/h3-5H,2,6H2,1H3,(H2,18,19,21). The molecule has 1 heterocycles. The molecule has 8 heteroatoms. The smallest absolute Gasteiger partial charge is 0.319 e. The van der Waals surface area contributed by atoms with Gasteiger partial charge in [0.05, 0.1) is 0 Å².